The minimum atomic E-state index is -0.534. The zero-order valence-corrected chi connectivity index (χ0v) is 9.33. The minimum Gasteiger partial charge on any atom is -0.459 e. The van der Waals surface area contributed by atoms with Gasteiger partial charge in [-0.2, -0.15) is 0 Å². The smallest absolute Gasteiger partial charge is 0.341 e. The molecule has 0 amide bonds. The second kappa shape index (κ2) is 4.64. The molecule has 16 heavy (non-hydrogen) atoms. The van der Waals surface area contributed by atoms with Crippen LogP contribution in [0.2, 0.25) is 0 Å². The van der Waals surface area contributed by atoms with E-state index in [-0.39, 0.29) is 11.7 Å². The summed E-state index contributed by atoms with van der Waals surface area (Å²) in [5.41, 5.74) is 0.909. The van der Waals surface area contributed by atoms with Crippen LogP contribution in [0.5, 0.6) is 0 Å². The molecule has 1 aromatic rings. The van der Waals surface area contributed by atoms with Gasteiger partial charge in [-0.15, -0.1) is 0 Å². The molecule has 1 aliphatic carbocycles. The molecule has 2 nitrogen and oxygen atoms in total. The first kappa shape index (κ1) is 11.1. The molecular formula is C13H15FO2. The predicted octanol–water partition coefficient (Wildman–Crippen LogP) is 3.23. The van der Waals surface area contributed by atoms with Gasteiger partial charge in [-0.3, -0.25) is 0 Å². The first-order valence-corrected chi connectivity index (χ1v) is 5.64. The zero-order valence-electron chi connectivity index (χ0n) is 9.33. The highest BCUT2D eigenvalue weighted by Gasteiger charge is 2.21. The normalized spacial score (nSPS) is 16.4. The van der Waals surface area contributed by atoms with Gasteiger partial charge in [0.15, 0.2) is 0 Å². The van der Waals surface area contributed by atoms with Crippen LogP contribution in [-0.2, 0) is 4.74 Å². The Morgan fingerprint density at radius 2 is 2.06 bits per heavy atom. The Morgan fingerprint density at radius 1 is 1.38 bits per heavy atom. The van der Waals surface area contributed by atoms with E-state index in [2.05, 4.69) is 0 Å². The number of halogens is 1. The molecule has 1 fully saturated rings. The highest BCUT2D eigenvalue weighted by molar-refractivity contribution is 5.90. The van der Waals surface area contributed by atoms with Crippen LogP contribution in [0.1, 0.15) is 41.6 Å². The van der Waals surface area contributed by atoms with Crippen LogP contribution in [0, 0.1) is 12.7 Å². The summed E-state index contributed by atoms with van der Waals surface area (Å²) in [5.74, 6) is -1.04. The lowest BCUT2D eigenvalue weighted by Gasteiger charge is -2.11. The van der Waals surface area contributed by atoms with Gasteiger partial charge >= 0.3 is 5.97 Å². The summed E-state index contributed by atoms with van der Waals surface area (Å²) >= 11 is 0. The van der Waals surface area contributed by atoms with Crippen LogP contribution < -0.4 is 0 Å². The fraction of sp³-hybridized carbons (Fsp3) is 0.462. The molecule has 0 aromatic heterocycles. The van der Waals surface area contributed by atoms with Crippen molar-refractivity contribution >= 4 is 5.97 Å². The molecule has 0 unspecified atom stereocenters. The Bertz CT molecular complexity index is 395. The summed E-state index contributed by atoms with van der Waals surface area (Å²) in [6, 6.07) is 4.48. The van der Waals surface area contributed by atoms with Crippen molar-refractivity contribution in [3.63, 3.8) is 0 Å². The lowest BCUT2D eigenvalue weighted by molar-refractivity contribution is 0.0312. The largest absolute Gasteiger partial charge is 0.459 e. The third-order valence-corrected chi connectivity index (χ3v) is 2.92. The quantitative estimate of drug-likeness (QED) is 0.718. The van der Waals surface area contributed by atoms with Crippen LogP contribution in [0.25, 0.3) is 0 Å². The number of hydrogen-bond donors (Lipinski definition) is 0. The second-order valence-electron chi connectivity index (χ2n) is 4.30. The molecule has 0 N–H and O–H groups in total. The van der Waals surface area contributed by atoms with E-state index in [9.17, 15) is 9.18 Å². The van der Waals surface area contributed by atoms with Crippen molar-refractivity contribution in [1.29, 1.82) is 0 Å². The fourth-order valence-corrected chi connectivity index (χ4v) is 2.02. The highest BCUT2D eigenvalue weighted by atomic mass is 19.1. The van der Waals surface area contributed by atoms with E-state index in [1.807, 2.05) is 6.92 Å². The molecule has 0 heterocycles. The lowest BCUT2D eigenvalue weighted by Crippen LogP contribution is -2.16. The number of hydrogen-bond acceptors (Lipinski definition) is 2. The van der Waals surface area contributed by atoms with E-state index in [0.717, 1.165) is 31.2 Å². The molecular weight excluding hydrogens is 207 g/mol. The lowest BCUT2D eigenvalue weighted by atomic mass is 10.1. The summed E-state index contributed by atoms with van der Waals surface area (Å²) < 4.78 is 18.6. The standard InChI is InChI=1S/C13H15FO2/c1-9-6-7-12(14)11(8-9)13(15)16-10-4-2-3-5-10/h6-8,10H,2-5H2,1H3. The van der Waals surface area contributed by atoms with Gasteiger partial charge in [0.1, 0.15) is 11.9 Å². The van der Waals surface area contributed by atoms with Crippen LogP contribution in [0.15, 0.2) is 18.2 Å². The maximum atomic E-state index is 13.4. The van der Waals surface area contributed by atoms with Gasteiger partial charge in [-0.25, -0.2) is 9.18 Å². The van der Waals surface area contributed by atoms with Crippen molar-refractivity contribution in [3.8, 4) is 0 Å². The number of carbonyl (C=O) groups excluding carboxylic acids is 1. The molecule has 3 heteroatoms. The summed E-state index contributed by atoms with van der Waals surface area (Å²) in [5, 5.41) is 0. The van der Waals surface area contributed by atoms with E-state index in [0.29, 0.717) is 0 Å². The van der Waals surface area contributed by atoms with Gasteiger partial charge in [0.05, 0.1) is 5.56 Å². The molecule has 0 radical (unpaired) electrons. The summed E-state index contributed by atoms with van der Waals surface area (Å²) in [6.07, 6.45) is 3.97. The Balaban J connectivity index is 2.10. The molecule has 0 bridgehead atoms. The van der Waals surface area contributed by atoms with Gasteiger partial charge in [-0.1, -0.05) is 11.6 Å². The second-order valence-corrected chi connectivity index (χ2v) is 4.30. The van der Waals surface area contributed by atoms with Crippen LogP contribution in [0.4, 0.5) is 4.39 Å². The Morgan fingerprint density at radius 3 is 2.75 bits per heavy atom. The Labute approximate surface area is 94.4 Å². The number of rotatable bonds is 2. The number of benzene rings is 1. The number of carbonyl (C=O) groups is 1. The molecule has 1 aliphatic rings. The van der Waals surface area contributed by atoms with E-state index in [1.54, 1.807) is 6.07 Å². The molecule has 0 aliphatic heterocycles. The molecule has 1 aromatic carbocycles. The monoisotopic (exact) mass is 222 g/mol. The molecule has 0 atom stereocenters. The predicted molar refractivity (Wildman–Crippen MR) is 58.8 cm³/mol. The maximum absolute atomic E-state index is 13.4. The fourth-order valence-electron chi connectivity index (χ4n) is 2.02. The summed E-state index contributed by atoms with van der Waals surface area (Å²) in [6.45, 7) is 1.83. The van der Waals surface area contributed by atoms with Crippen LogP contribution >= 0.6 is 0 Å². The van der Waals surface area contributed by atoms with E-state index >= 15 is 0 Å². The maximum Gasteiger partial charge on any atom is 0.341 e. The highest BCUT2D eigenvalue weighted by Crippen LogP contribution is 2.22. The van der Waals surface area contributed by atoms with Crippen LogP contribution in [-0.4, -0.2) is 12.1 Å². The number of ether oxygens (including phenoxy) is 1. The third-order valence-electron chi connectivity index (χ3n) is 2.92. The third kappa shape index (κ3) is 2.40. The number of aryl methyl sites for hydroxylation is 1. The summed E-state index contributed by atoms with van der Waals surface area (Å²) in [7, 11) is 0. The number of esters is 1. The average molecular weight is 222 g/mol. The van der Waals surface area contributed by atoms with Crippen molar-refractivity contribution < 1.29 is 13.9 Å². The topological polar surface area (TPSA) is 26.3 Å². The van der Waals surface area contributed by atoms with E-state index < -0.39 is 11.8 Å². The van der Waals surface area contributed by atoms with Crippen molar-refractivity contribution in [3.05, 3.63) is 35.1 Å². The average Bonchev–Trinajstić information content (AvgIpc) is 2.74. The first-order chi connectivity index (χ1) is 7.66. The Hall–Kier alpha value is -1.38. The Kier molecular flexibility index (Phi) is 3.22. The van der Waals surface area contributed by atoms with Crippen molar-refractivity contribution in [2.24, 2.45) is 0 Å². The zero-order chi connectivity index (χ0) is 11.5. The van der Waals surface area contributed by atoms with E-state index in [1.165, 1.54) is 12.1 Å². The van der Waals surface area contributed by atoms with Crippen molar-refractivity contribution in [2.75, 3.05) is 0 Å². The van der Waals surface area contributed by atoms with Gasteiger partial charge in [0.25, 0.3) is 0 Å². The first-order valence-electron chi connectivity index (χ1n) is 5.64. The molecule has 0 spiro atoms. The van der Waals surface area contributed by atoms with Crippen molar-refractivity contribution in [2.45, 2.75) is 38.7 Å². The van der Waals surface area contributed by atoms with Gasteiger partial charge in [0.2, 0.25) is 0 Å². The van der Waals surface area contributed by atoms with Crippen molar-refractivity contribution in [1.82, 2.24) is 0 Å². The van der Waals surface area contributed by atoms with E-state index in [4.69, 9.17) is 4.74 Å². The van der Waals surface area contributed by atoms with Gasteiger partial charge in [-0.05, 0) is 44.7 Å². The molecule has 0 saturated heterocycles. The van der Waals surface area contributed by atoms with Crippen LogP contribution in [0.3, 0.4) is 0 Å². The summed E-state index contributed by atoms with van der Waals surface area (Å²) in [4.78, 5) is 11.7. The SMILES string of the molecule is Cc1ccc(F)c(C(=O)OC2CCCC2)c1. The molecule has 2 rings (SSSR count). The minimum absolute atomic E-state index is 0.0209. The molecule has 1 saturated carbocycles. The molecule has 86 valence electrons. The van der Waals surface area contributed by atoms with Gasteiger partial charge < -0.3 is 4.74 Å². The van der Waals surface area contributed by atoms with Gasteiger partial charge in [0, 0.05) is 0 Å².